The molecule has 1 rings (SSSR count). The third-order valence-corrected chi connectivity index (χ3v) is 2.17. The number of nitrogens with one attached hydrogen (secondary N) is 2. The third-order valence-electron chi connectivity index (χ3n) is 2.17. The zero-order valence-corrected chi connectivity index (χ0v) is 10.3. The summed E-state index contributed by atoms with van der Waals surface area (Å²) in [4.78, 5) is 23.2. The van der Waals surface area contributed by atoms with Crippen LogP contribution in [0.1, 0.15) is 31.3 Å². The van der Waals surface area contributed by atoms with E-state index in [1.54, 1.807) is 19.1 Å². The summed E-state index contributed by atoms with van der Waals surface area (Å²) in [6.07, 6.45) is 1.42. The molecule has 5 nitrogen and oxygen atoms in total. The largest absolute Gasteiger partial charge is 0.459 e. The highest BCUT2D eigenvalue weighted by Gasteiger charge is 2.17. The van der Waals surface area contributed by atoms with Gasteiger partial charge < -0.3 is 15.1 Å². The summed E-state index contributed by atoms with van der Waals surface area (Å²) in [7, 11) is 0. The van der Waals surface area contributed by atoms with Crippen LogP contribution in [0.4, 0.5) is 0 Å². The molecular weight excluding hydrogens is 220 g/mol. The molecule has 94 valence electrons. The van der Waals surface area contributed by atoms with E-state index < -0.39 is 6.04 Å². The molecule has 0 saturated heterocycles. The number of hydrogen-bond donors (Lipinski definition) is 2. The monoisotopic (exact) mass is 238 g/mol. The minimum Gasteiger partial charge on any atom is -0.459 e. The number of amides is 2. The maximum atomic E-state index is 11.6. The predicted molar refractivity (Wildman–Crippen MR) is 63.5 cm³/mol. The van der Waals surface area contributed by atoms with Gasteiger partial charge in [0.2, 0.25) is 5.91 Å². The lowest BCUT2D eigenvalue weighted by Gasteiger charge is -2.14. The fourth-order valence-corrected chi connectivity index (χ4v) is 1.20. The Morgan fingerprint density at radius 1 is 1.35 bits per heavy atom. The number of hydrogen-bond acceptors (Lipinski definition) is 3. The first-order valence-corrected chi connectivity index (χ1v) is 5.62. The molecule has 1 heterocycles. The lowest BCUT2D eigenvalue weighted by molar-refractivity contribution is -0.122. The second-order valence-electron chi connectivity index (χ2n) is 4.31. The van der Waals surface area contributed by atoms with E-state index in [-0.39, 0.29) is 17.6 Å². The number of carbonyl (C=O) groups is 2. The Hall–Kier alpha value is -1.78. The highest BCUT2D eigenvalue weighted by Crippen LogP contribution is 2.00. The summed E-state index contributed by atoms with van der Waals surface area (Å²) in [6.45, 7) is 6.25. The summed E-state index contributed by atoms with van der Waals surface area (Å²) < 4.78 is 4.93. The van der Waals surface area contributed by atoms with Gasteiger partial charge in [-0.2, -0.15) is 0 Å². The first-order chi connectivity index (χ1) is 8.00. The van der Waals surface area contributed by atoms with Crippen LogP contribution in [0, 0.1) is 5.92 Å². The fourth-order valence-electron chi connectivity index (χ4n) is 1.20. The Morgan fingerprint density at radius 2 is 2.06 bits per heavy atom. The van der Waals surface area contributed by atoms with E-state index in [1.807, 2.05) is 13.8 Å². The second kappa shape index (κ2) is 6.08. The predicted octanol–water partition coefficient (Wildman–Crippen LogP) is 1.17. The molecule has 2 amide bonds. The van der Waals surface area contributed by atoms with Gasteiger partial charge in [0.25, 0.3) is 5.91 Å². The second-order valence-corrected chi connectivity index (χ2v) is 4.31. The first kappa shape index (κ1) is 13.3. The van der Waals surface area contributed by atoms with E-state index in [0.717, 1.165) is 0 Å². The van der Waals surface area contributed by atoms with E-state index in [1.165, 1.54) is 6.26 Å². The van der Waals surface area contributed by atoms with Crippen LogP contribution in [0.25, 0.3) is 0 Å². The van der Waals surface area contributed by atoms with Gasteiger partial charge in [0, 0.05) is 6.54 Å². The number of furan rings is 1. The van der Waals surface area contributed by atoms with Crippen LogP contribution in [-0.2, 0) is 4.79 Å². The van der Waals surface area contributed by atoms with Crippen molar-refractivity contribution in [1.29, 1.82) is 0 Å². The van der Waals surface area contributed by atoms with Crippen LogP contribution in [-0.4, -0.2) is 24.4 Å². The zero-order chi connectivity index (χ0) is 12.8. The molecule has 17 heavy (non-hydrogen) atoms. The van der Waals surface area contributed by atoms with Crippen molar-refractivity contribution < 1.29 is 14.0 Å². The van der Waals surface area contributed by atoms with Gasteiger partial charge in [0.05, 0.1) is 6.26 Å². The van der Waals surface area contributed by atoms with Crippen LogP contribution >= 0.6 is 0 Å². The van der Waals surface area contributed by atoms with Crippen molar-refractivity contribution in [2.24, 2.45) is 5.92 Å². The van der Waals surface area contributed by atoms with Crippen molar-refractivity contribution in [3.8, 4) is 0 Å². The minimum atomic E-state index is -0.577. The first-order valence-electron chi connectivity index (χ1n) is 5.62. The molecule has 0 aliphatic rings. The molecule has 0 saturated carbocycles. The summed E-state index contributed by atoms with van der Waals surface area (Å²) in [5.41, 5.74) is 0. The van der Waals surface area contributed by atoms with E-state index >= 15 is 0 Å². The molecule has 0 aromatic carbocycles. The van der Waals surface area contributed by atoms with Crippen LogP contribution in [0.5, 0.6) is 0 Å². The molecule has 2 N–H and O–H groups in total. The van der Waals surface area contributed by atoms with Gasteiger partial charge in [-0.25, -0.2) is 0 Å². The summed E-state index contributed by atoms with van der Waals surface area (Å²) >= 11 is 0. The average molecular weight is 238 g/mol. The van der Waals surface area contributed by atoms with Crippen molar-refractivity contribution in [2.45, 2.75) is 26.8 Å². The van der Waals surface area contributed by atoms with Crippen molar-refractivity contribution in [2.75, 3.05) is 6.54 Å². The van der Waals surface area contributed by atoms with Crippen molar-refractivity contribution in [3.63, 3.8) is 0 Å². The standard InChI is InChI=1S/C12H18N2O3/c1-8(2)7-13-11(15)9(3)14-12(16)10-5-4-6-17-10/h4-6,8-9H,7H2,1-3H3,(H,13,15)(H,14,16). The molecule has 0 spiro atoms. The van der Waals surface area contributed by atoms with Gasteiger partial charge in [-0.05, 0) is 25.0 Å². The molecule has 1 aromatic heterocycles. The van der Waals surface area contributed by atoms with Crippen LogP contribution in [0.2, 0.25) is 0 Å². The lowest BCUT2D eigenvalue weighted by Crippen LogP contribution is -2.45. The van der Waals surface area contributed by atoms with Gasteiger partial charge in [0.15, 0.2) is 5.76 Å². The zero-order valence-electron chi connectivity index (χ0n) is 10.3. The van der Waals surface area contributed by atoms with Gasteiger partial charge >= 0.3 is 0 Å². The smallest absolute Gasteiger partial charge is 0.287 e. The molecule has 5 heteroatoms. The van der Waals surface area contributed by atoms with Crippen LogP contribution in [0.15, 0.2) is 22.8 Å². The number of rotatable bonds is 5. The highest BCUT2D eigenvalue weighted by atomic mass is 16.3. The van der Waals surface area contributed by atoms with Gasteiger partial charge in [0.1, 0.15) is 6.04 Å². The highest BCUT2D eigenvalue weighted by molar-refractivity contribution is 5.95. The van der Waals surface area contributed by atoms with Gasteiger partial charge in [-0.15, -0.1) is 0 Å². The molecule has 1 unspecified atom stereocenters. The maximum absolute atomic E-state index is 11.6. The average Bonchev–Trinajstić information content (AvgIpc) is 2.78. The van der Waals surface area contributed by atoms with Crippen molar-refractivity contribution in [1.82, 2.24) is 10.6 Å². The molecule has 1 aromatic rings. The van der Waals surface area contributed by atoms with E-state index in [9.17, 15) is 9.59 Å². The molecule has 0 aliphatic heterocycles. The Kier molecular flexibility index (Phi) is 4.75. The quantitative estimate of drug-likeness (QED) is 0.809. The Bertz CT molecular complexity index is 371. The normalized spacial score (nSPS) is 12.2. The van der Waals surface area contributed by atoms with Crippen LogP contribution < -0.4 is 10.6 Å². The molecule has 0 aliphatic carbocycles. The minimum absolute atomic E-state index is 0.196. The van der Waals surface area contributed by atoms with E-state index in [2.05, 4.69) is 10.6 Å². The van der Waals surface area contributed by atoms with E-state index in [0.29, 0.717) is 12.5 Å². The SMILES string of the molecule is CC(C)CNC(=O)C(C)NC(=O)c1ccco1. The molecule has 0 bridgehead atoms. The molecule has 0 fully saturated rings. The molecular formula is C12H18N2O3. The molecule has 1 atom stereocenters. The Labute approximate surface area is 101 Å². The van der Waals surface area contributed by atoms with Crippen molar-refractivity contribution in [3.05, 3.63) is 24.2 Å². The topological polar surface area (TPSA) is 71.3 Å². The number of carbonyl (C=O) groups excluding carboxylic acids is 2. The van der Waals surface area contributed by atoms with Gasteiger partial charge in [-0.1, -0.05) is 13.8 Å². The maximum Gasteiger partial charge on any atom is 0.287 e. The summed E-state index contributed by atoms with van der Waals surface area (Å²) in [5.74, 6) is 0.00115. The van der Waals surface area contributed by atoms with Crippen LogP contribution in [0.3, 0.4) is 0 Å². The summed E-state index contributed by atoms with van der Waals surface area (Å²) in [5, 5.41) is 5.31. The Balaban J connectivity index is 2.41. The Morgan fingerprint density at radius 3 is 2.59 bits per heavy atom. The fraction of sp³-hybridized carbons (Fsp3) is 0.500. The lowest BCUT2D eigenvalue weighted by atomic mass is 10.2. The molecule has 0 radical (unpaired) electrons. The van der Waals surface area contributed by atoms with E-state index in [4.69, 9.17) is 4.42 Å². The summed E-state index contributed by atoms with van der Waals surface area (Å²) in [6, 6.07) is 2.60. The van der Waals surface area contributed by atoms with Gasteiger partial charge in [-0.3, -0.25) is 9.59 Å². The third kappa shape index (κ3) is 4.30. The van der Waals surface area contributed by atoms with Crippen molar-refractivity contribution >= 4 is 11.8 Å².